The van der Waals surface area contributed by atoms with Crippen molar-refractivity contribution < 1.29 is 24.5 Å². The Bertz CT molecular complexity index is 1160. The summed E-state index contributed by atoms with van der Waals surface area (Å²) in [6, 6.07) is -0.537. The van der Waals surface area contributed by atoms with E-state index in [9.17, 15) is 19.8 Å². The third kappa shape index (κ3) is 66.0. The van der Waals surface area contributed by atoms with E-state index in [1.54, 1.807) is 0 Å². The molecule has 0 heterocycles. The van der Waals surface area contributed by atoms with Crippen LogP contribution in [-0.4, -0.2) is 47.4 Å². The summed E-state index contributed by atoms with van der Waals surface area (Å²) in [4.78, 5) is 24.6. The summed E-state index contributed by atoms with van der Waals surface area (Å²) < 4.78 is 5.51. The van der Waals surface area contributed by atoms with E-state index >= 15 is 0 Å². The van der Waals surface area contributed by atoms with Crippen LogP contribution < -0.4 is 5.32 Å². The lowest BCUT2D eigenvalue weighted by Crippen LogP contribution is -2.45. The molecule has 0 rings (SSSR count). The van der Waals surface area contributed by atoms with Gasteiger partial charge in [0.2, 0.25) is 5.91 Å². The number of rotatable bonds is 71. The molecule has 0 aromatic carbocycles. The molecule has 0 aliphatic rings. The summed E-state index contributed by atoms with van der Waals surface area (Å²) in [5.41, 5.74) is 0. The lowest BCUT2D eigenvalue weighted by Gasteiger charge is -2.22. The molecule has 2 atom stereocenters. The first-order valence-corrected chi connectivity index (χ1v) is 37.3. The smallest absolute Gasteiger partial charge is 0.305 e. The van der Waals surface area contributed by atoms with E-state index in [4.69, 9.17) is 4.74 Å². The van der Waals surface area contributed by atoms with Gasteiger partial charge in [-0.2, -0.15) is 0 Å². The SMILES string of the molecule is CCCCCCCCCCCCCCCCCCCC(=O)OCCCCCCCCCCCCCCCCCCCCCCCCCCCCCCCCCC(=O)NC(CO)C(O)CCCCCCCCCCCCCCCCC. The molecule has 6 heteroatoms. The Kier molecular flexibility index (Phi) is 69.3. The van der Waals surface area contributed by atoms with Crippen molar-refractivity contribution in [1.82, 2.24) is 5.32 Å². The molecule has 80 heavy (non-hydrogen) atoms. The van der Waals surface area contributed by atoms with Crippen molar-refractivity contribution in [1.29, 1.82) is 0 Å². The van der Waals surface area contributed by atoms with Gasteiger partial charge in [-0.3, -0.25) is 9.59 Å². The van der Waals surface area contributed by atoms with Gasteiger partial charge in [-0.05, 0) is 25.7 Å². The maximum atomic E-state index is 12.5. The summed E-state index contributed by atoms with van der Waals surface area (Å²) in [5, 5.41) is 23.3. The van der Waals surface area contributed by atoms with E-state index in [2.05, 4.69) is 19.2 Å². The van der Waals surface area contributed by atoms with Gasteiger partial charge in [-0.25, -0.2) is 0 Å². The maximum Gasteiger partial charge on any atom is 0.305 e. The molecule has 0 aromatic rings. The second kappa shape index (κ2) is 70.3. The highest BCUT2D eigenvalue weighted by Gasteiger charge is 2.20. The topological polar surface area (TPSA) is 95.9 Å². The standard InChI is InChI=1S/C74H147NO5/c1-3-5-7-9-11-13-15-17-19-35-40-44-48-52-56-60-64-68-74(79)80-69-65-61-57-53-49-45-41-37-34-32-30-28-26-24-22-20-21-23-25-27-29-31-33-36-39-43-47-51-55-59-63-67-73(78)75-71(70-76)72(77)66-62-58-54-50-46-42-38-18-16-14-12-10-8-6-4-2/h71-72,76-77H,3-70H2,1-2H3,(H,75,78). The molecule has 0 fully saturated rings. The highest BCUT2D eigenvalue weighted by molar-refractivity contribution is 5.76. The van der Waals surface area contributed by atoms with Crippen molar-refractivity contribution in [3.63, 3.8) is 0 Å². The van der Waals surface area contributed by atoms with Crippen LogP contribution in [0.3, 0.4) is 0 Å². The molecule has 0 aromatic heterocycles. The van der Waals surface area contributed by atoms with Gasteiger partial charge in [0.25, 0.3) is 0 Å². The van der Waals surface area contributed by atoms with Crippen LogP contribution in [0.4, 0.5) is 0 Å². The molecule has 6 nitrogen and oxygen atoms in total. The Hall–Kier alpha value is -1.14. The minimum absolute atomic E-state index is 0.0260. The normalized spacial score (nSPS) is 12.4. The Morgan fingerprint density at radius 2 is 0.512 bits per heavy atom. The molecular weight excluding hydrogens is 983 g/mol. The first kappa shape index (κ1) is 78.9. The van der Waals surface area contributed by atoms with Gasteiger partial charge in [0.1, 0.15) is 0 Å². The number of carbonyl (C=O) groups is 2. The summed E-state index contributed by atoms with van der Waals surface area (Å²) in [5.74, 6) is -0.000726. The van der Waals surface area contributed by atoms with Crippen molar-refractivity contribution in [2.75, 3.05) is 13.2 Å². The summed E-state index contributed by atoms with van der Waals surface area (Å²) in [7, 11) is 0. The molecule has 0 aliphatic carbocycles. The number of carbonyl (C=O) groups excluding carboxylic acids is 2. The largest absolute Gasteiger partial charge is 0.466 e. The molecule has 0 saturated carbocycles. The molecule has 0 radical (unpaired) electrons. The fraction of sp³-hybridized carbons (Fsp3) is 0.973. The van der Waals surface area contributed by atoms with Gasteiger partial charge >= 0.3 is 5.97 Å². The molecule has 0 saturated heterocycles. The van der Waals surface area contributed by atoms with Crippen LogP contribution in [0, 0.1) is 0 Å². The predicted octanol–water partition coefficient (Wildman–Crippen LogP) is 24.2. The van der Waals surface area contributed by atoms with Gasteiger partial charge < -0.3 is 20.3 Å². The highest BCUT2D eigenvalue weighted by atomic mass is 16.5. The number of hydrogen-bond acceptors (Lipinski definition) is 5. The zero-order valence-electron chi connectivity index (χ0n) is 54.9. The van der Waals surface area contributed by atoms with Crippen molar-refractivity contribution in [2.45, 2.75) is 450 Å². The molecule has 0 spiro atoms. The summed E-state index contributed by atoms with van der Waals surface area (Å²) in [6.07, 6.45) is 86.0. The molecule has 0 aliphatic heterocycles. The lowest BCUT2D eigenvalue weighted by molar-refractivity contribution is -0.143. The minimum Gasteiger partial charge on any atom is -0.466 e. The Labute approximate surface area is 502 Å². The van der Waals surface area contributed by atoms with E-state index in [0.717, 1.165) is 38.5 Å². The number of aliphatic hydroxyl groups is 2. The van der Waals surface area contributed by atoms with Crippen LogP contribution in [0.1, 0.15) is 438 Å². The van der Waals surface area contributed by atoms with Crippen LogP contribution in [0.5, 0.6) is 0 Å². The fourth-order valence-electron chi connectivity index (χ4n) is 12.2. The van der Waals surface area contributed by atoms with Crippen molar-refractivity contribution in [2.24, 2.45) is 0 Å². The monoisotopic (exact) mass is 1130 g/mol. The van der Waals surface area contributed by atoms with Crippen molar-refractivity contribution >= 4 is 11.9 Å². The van der Waals surface area contributed by atoms with E-state index in [0.29, 0.717) is 25.9 Å². The minimum atomic E-state index is -0.660. The second-order valence-corrected chi connectivity index (χ2v) is 26.0. The van der Waals surface area contributed by atoms with E-state index in [1.165, 1.54) is 366 Å². The molecule has 2 unspecified atom stereocenters. The Balaban J connectivity index is 3.29. The number of amides is 1. The zero-order chi connectivity index (χ0) is 57.8. The molecule has 0 bridgehead atoms. The average molecular weight is 1130 g/mol. The van der Waals surface area contributed by atoms with Crippen LogP contribution >= 0.6 is 0 Å². The van der Waals surface area contributed by atoms with Crippen LogP contribution in [0.25, 0.3) is 0 Å². The van der Waals surface area contributed by atoms with Gasteiger partial charge in [0, 0.05) is 12.8 Å². The zero-order valence-corrected chi connectivity index (χ0v) is 54.9. The third-order valence-corrected chi connectivity index (χ3v) is 17.9. The first-order chi connectivity index (χ1) is 39.5. The highest BCUT2D eigenvalue weighted by Crippen LogP contribution is 2.20. The fourth-order valence-corrected chi connectivity index (χ4v) is 12.2. The summed E-state index contributed by atoms with van der Waals surface area (Å²) >= 11 is 0. The van der Waals surface area contributed by atoms with Gasteiger partial charge in [-0.1, -0.05) is 399 Å². The molecule has 3 N–H and O–H groups in total. The van der Waals surface area contributed by atoms with Crippen LogP contribution in [0.15, 0.2) is 0 Å². The van der Waals surface area contributed by atoms with E-state index < -0.39 is 12.1 Å². The third-order valence-electron chi connectivity index (χ3n) is 17.9. The van der Waals surface area contributed by atoms with E-state index in [-0.39, 0.29) is 18.5 Å². The molecule has 1 amide bonds. The second-order valence-electron chi connectivity index (χ2n) is 26.0. The van der Waals surface area contributed by atoms with E-state index in [1.807, 2.05) is 0 Å². The van der Waals surface area contributed by atoms with Crippen molar-refractivity contribution in [3.8, 4) is 0 Å². The lowest BCUT2D eigenvalue weighted by atomic mass is 10.0. The number of unbranched alkanes of at least 4 members (excludes halogenated alkanes) is 60. The molecule has 478 valence electrons. The van der Waals surface area contributed by atoms with Gasteiger partial charge in [0.15, 0.2) is 0 Å². The number of hydrogen-bond donors (Lipinski definition) is 3. The average Bonchev–Trinajstić information content (AvgIpc) is 3.46. The number of ether oxygens (including phenoxy) is 1. The van der Waals surface area contributed by atoms with Crippen molar-refractivity contribution in [3.05, 3.63) is 0 Å². The maximum absolute atomic E-state index is 12.5. The Morgan fingerprint density at radius 1 is 0.300 bits per heavy atom. The van der Waals surface area contributed by atoms with Crippen LogP contribution in [-0.2, 0) is 14.3 Å². The van der Waals surface area contributed by atoms with Gasteiger partial charge in [-0.15, -0.1) is 0 Å². The van der Waals surface area contributed by atoms with Crippen LogP contribution in [0.2, 0.25) is 0 Å². The first-order valence-electron chi connectivity index (χ1n) is 37.3. The predicted molar refractivity (Wildman–Crippen MR) is 352 cm³/mol. The number of esters is 1. The van der Waals surface area contributed by atoms with Gasteiger partial charge in [0.05, 0.1) is 25.4 Å². The number of nitrogens with one attached hydrogen (secondary N) is 1. The molecular formula is C74H147NO5. The number of aliphatic hydroxyl groups excluding tert-OH is 2. The Morgan fingerprint density at radius 3 is 0.762 bits per heavy atom. The summed E-state index contributed by atoms with van der Waals surface area (Å²) in [6.45, 7) is 5.01. The quantitative estimate of drug-likeness (QED) is 0.0417.